The van der Waals surface area contributed by atoms with E-state index >= 15 is 0 Å². The molecule has 3 heteroatoms. The summed E-state index contributed by atoms with van der Waals surface area (Å²) in [5, 5.41) is 0. The van der Waals surface area contributed by atoms with Crippen LogP contribution < -0.4 is 0 Å². The van der Waals surface area contributed by atoms with E-state index in [4.69, 9.17) is 23.2 Å². The third-order valence-corrected chi connectivity index (χ3v) is 4.09. The number of hydrogen-bond acceptors (Lipinski definition) is 1. The van der Waals surface area contributed by atoms with Gasteiger partial charge in [0.1, 0.15) is 0 Å². The van der Waals surface area contributed by atoms with E-state index in [1.807, 2.05) is 13.8 Å². The third kappa shape index (κ3) is 1.01. The van der Waals surface area contributed by atoms with Crippen LogP contribution in [0.2, 0.25) is 0 Å². The Labute approximate surface area is 77.1 Å². The molecular weight excluding hydrogens is 183 g/mol. The molecule has 1 rings (SSSR count). The third-order valence-electron chi connectivity index (χ3n) is 2.87. The van der Waals surface area contributed by atoms with Crippen molar-refractivity contribution in [3.8, 4) is 0 Å². The number of carbonyl (C=O) groups excluding carboxylic acids is 1. The summed E-state index contributed by atoms with van der Waals surface area (Å²) >= 11 is 11.8. The molecule has 1 fully saturated rings. The Kier molecular flexibility index (Phi) is 2.24. The molecule has 1 aliphatic carbocycles. The van der Waals surface area contributed by atoms with E-state index in [-0.39, 0.29) is 11.2 Å². The topological polar surface area (TPSA) is 17.1 Å². The first-order valence-corrected chi connectivity index (χ1v) is 4.67. The Morgan fingerprint density at radius 2 is 1.82 bits per heavy atom. The van der Waals surface area contributed by atoms with Gasteiger partial charge < -0.3 is 0 Å². The Hall–Kier alpha value is 0.250. The van der Waals surface area contributed by atoms with Crippen LogP contribution in [0.15, 0.2) is 0 Å². The van der Waals surface area contributed by atoms with Crippen molar-refractivity contribution in [1.82, 2.24) is 0 Å². The molecule has 0 aromatic heterocycles. The van der Waals surface area contributed by atoms with Gasteiger partial charge in [0.2, 0.25) is 0 Å². The molecule has 0 unspecified atom stereocenters. The quantitative estimate of drug-likeness (QED) is 0.619. The van der Waals surface area contributed by atoms with Crippen LogP contribution in [0, 0.1) is 5.41 Å². The number of carbonyl (C=O) groups is 1. The maximum Gasteiger partial charge on any atom is 0.181 e. The lowest BCUT2D eigenvalue weighted by molar-refractivity contribution is -0.134. The van der Waals surface area contributed by atoms with Crippen LogP contribution in [0.1, 0.15) is 33.1 Å². The molecule has 0 heterocycles. The molecule has 11 heavy (non-hydrogen) atoms. The summed E-state index contributed by atoms with van der Waals surface area (Å²) in [5.74, 6) is -0.0236. The standard InChI is InChI=1S/C8H12Cl2O/c1-3-7(4-2)5-6(11)8(7,9)10/h3-5H2,1-2H3. The van der Waals surface area contributed by atoms with Crippen molar-refractivity contribution in [3.05, 3.63) is 0 Å². The molecule has 0 amide bonds. The van der Waals surface area contributed by atoms with Gasteiger partial charge in [0.25, 0.3) is 0 Å². The lowest BCUT2D eigenvalue weighted by Crippen LogP contribution is -2.57. The van der Waals surface area contributed by atoms with Crippen LogP contribution in [0.5, 0.6) is 0 Å². The molecule has 0 radical (unpaired) electrons. The fourth-order valence-corrected chi connectivity index (χ4v) is 2.46. The first-order valence-electron chi connectivity index (χ1n) is 3.91. The predicted octanol–water partition coefficient (Wildman–Crippen LogP) is 2.94. The minimum atomic E-state index is -1.10. The normalized spacial score (nSPS) is 26.4. The van der Waals surface area contributed by atoms with Crippen LogP contribution in [-0.4, -0.2) is 10.1 Å². The fourth-order valence-electron chi connectivity index (χ4n) is 1.66. The van der Waals surface area contributed by atoms with Crippen molar-refractivity contribution in [3.63, 3.8) is 0 Å². The highest BCUT2D eigenvalue weighted by Gasteiger charge is 2.62. The van der Waals surface area contributed by atoms with Gasteiger partial charge in [-0.2, -0.15) is 0 Å². The molecule has 1 nitrogen and oxygen atoms in total. The summed E-state index contributed by atoms with van der Waals surface area (Å²) in [5.41, 5.74) is -0.146. The fraction of sp³-hybridized carbons (Fsp3) is 0.875. The Morgan fingerprint density at radius 1 is 1.36 bits per heavy atom. The first kappa shape index (κ1) is 9.34. The van der Waals surface area contributed by atoms with Crippen LogP contribution >= 0.6 is 23.2 Å². The number of hydrogen-bond donors (Lipinski definition) is 0. The number of rotatable bonds is 2. The van der Waals surface area contributed by atoms with Crippen LogP contribution in [-0.2, 0) is 4.79 Å². The van der Waals surface area contributed by atoms with Gasteiger partial charge in [-0.25, -0.2) is 0 Å². The van der Waals surface area contributed by atoms with E-state index in [9.17, 15) is 4.79 Å². The Morgan fingerprint density at radius 3 is 1.91 bits per heavy atom. The van der Waals surface area contributed by atoms with Gasteiger partial charge in [-0.1, -0.05) is 37.0 Å². The van der Waals surface area contributed by atoms with Crippen LogP contribution in [0.3, 0.4) is 0 Å². The summed E-state index contributed by atoms with van der Waals surface area (Å²) < 4.78 is -1.10. The molecule has 0 aromatic carbocycles. The van der Waals surface area contributed by atoms with Crippen LogP contribution in [0.4, 0.5) is 0 Å². The van der Waals surface area contributed by atoms with E-state index in [0.717, 1.165) is 12.8 Å². The number of alkyl halides is 2. The molecule has 0 saturated heterocycles. The highest BCUT2D eigenvalue weighted by Crippen LogP contribution is 2.58. The van der Waals surface area contributed by atoms with Crippen molar-refractivity contribution in [2.75, 3.05) is 0 Å². The molecular formula is C8H12Cl2O. The maximum atomic E-state index is 11.0. The minimum Gasteiger partial charge on any atom is -0.296 e. The van der Waals surface area contributed by atoms with E-state index in [1.165, 1.54) is 0 Å². The van der Waals surface area contributed by atoms with Crippen molar-refractivity contribution in [2.24, 2.45) is 5.41 Å². The molecule has 0 aromatic rings. The SMILES string of the molecule is CCC1(CC)CC(=O)C1(Cl)Cl. The van der Waals surface area contributed by atoms with E-state index in [1.54, 1.807) is 0 Å². The summed E-state index contributed by atoms with van der Waals surface area (Å²) in [6.07, 6.45) is 2.30. The second-order valence-corrected chi connectivity index (χ2v) is 4.49. The van der Waals surface area contributed by atoms with Gasteiger partial charge in [0.15, 0.2) is 10.1 Å². The maximum absolute atomic E-state index is 11.0. The molecule has 64 valence electrons. The molecule has 1 saturated carbocycles. The van der Waals surface area contributed by atoms with Gasteiger partial charge in [-0.3, -0.25) is 4.79 Å². The second kappa shape index (κ2) is 2.63. The molecule has 0 spiro atoms. The molecule has 0 bridgehead atoms. The van der Waals surface area contributed by atoms with Crippen molar-refractivity contribution < 1.29 is 4.79 Å². The monoisotopic (exact) mass is 194 g/mol. The second-order valence-electron chi connectivity index (χ2n) is 3.16. The van der Waals surface area contributed by atoms with Gasteiger partial charge in [0.05, 0.1) is 0 Å². The summed E-state index contributed by atoms with van der Waals surface area (Å²) in [7, 11) is 0. The zero-order valence-electron chi connectivity index (χ0n) is 6.79. The van der Waals surface area contributed by atoms with Gasteiger partial charge >= 0.3 is 0 Å². The minimum absolute atomic E-state index is 0.0236. The zero-order valence-corrected chi connectivity index (χ0v) is 8.30. The van der Waals surface area contributed by atoms with Gasteiger partial charge in [-0.05, 0) is 12.8 Å². The molecule has 0 aliphatic heterocycles. The lowest BCUT2D eigenvalue weighted by Gasteiger charge is -2.49. The largest absolute Gasteiger partial charge is 0.296 e. The average Bonchev–Trinajstić information content (AvgIpc) is 1.99. The smallest absolute Gasteiger partial charge is 0.181 e. The highest BCUT2D eigenvalue weighted by molar-refractivity contribution is 6.61. The number of Topliss-reactive ketones (excluding diaryl/α,β-unsaturated/α-hetero) is 1. The molecule has 1 aliphatic rings. The van der Waals surface area contributed by atoms with E-state index < -0.39 is 4.33 Å². The highest BCUT2D eigenvalue weighted by atomic mass is 35.5. The van der Waals surface area contributed by atoms with Gasteiger partial charge in [-0.15, -0.1) is 0 Å². The average molecular weight is 195 g/mol. The Bertz CT molecular complexity index is 183. The zero-order chi connectivity index (χ0) is 8.70. The number of halogens is 2. The van der Waals surface area contributed by atoms with Crippen molar-refractivity contribution in [2.45, 2.75) is 37.4 Å². The number of ketones is 1. The Balaban J connectivity index is 2.83. The summed E-state index contributed by atoms with van der Waals surface area (Å²) in [4.78, 5) is 11.0. The lowest BCUT2D eigenvalue weighted by atomic mass is 9.63. The van der Waals surface area contributed by atoms with Crippen molar-refractivity contribution in [1.29, 1.82) is 0 Å². The predicted molar refractivity (Wildman–Crippen MR) is 47.1 cm³/mol. The van der Waals surface area contributed by atoms with Gasteiger partial charge in [0, 0.05) is 11.8 Å². The van der Waals surface area contributed by atoms with Crippen LogP contribution in [0.25, 0.3) is 0 Å². The molecule has 0 atom stereocenters. The molecule has 0 N–H and O–H groups in total. The first-order chi connectivity index (χ1) is 5.00. The van der Waals surface area contributed by atoms with Crippen molar-refractivity contribution >= 4 is 29.0 Å². The van der Waals surface area contributed by atoms with E-state index in [2.05, 4.69) is 0 Å². The summed E-state index contributed by atoms with van der Waals surface area (Å²) in [6, 6.07) is 0. The van der Waals surface area contributed by atoms with E-state index in [0.29, 0.717) is 6.42 Å². The summed E-state index contributed by atoms with van der Waals surface area (Å²) in [6.45, 7) is 4.05.